The first-order chi connectivity index (χ1) is 8.65. The highest BCUT2D eigenvalue weighted by Crippen LogP contribution is 2.16. The first-order valence-electron chi connectivity index (χ1n) is 5.25. The maximum atomic E-state index is 11.8. The molecule has 0 radical (unpaired) electrons. The summed E-state index contributed by atoms with van der Waals surface area (Å²) >= 11 is 1.13. The van der Waals surface area contributed by atoms with E-state index >= 15 is 0 Å². The lowest BCUT2D eigenvalue weighted by atomic mass is 10.2. The molecule has 1 heterocycles. The van der Waals surface area contributed by atoms with Crippen LogP contribution in [0.25, 0.3) is 0 Å². The topological polar surface area (TPSA) is 71.1 Å². The molecule has 0 aliphatic rings. The highest BCUT2D eigenvalue weighted by Gasteiger charge is 2.07. The molecule has 0 saturated heterocycles. The van der Waals surface area contributed by atoms with Gasteiger partial charge in [0.15, 0.2) is 0 Å². The highest BCUT2D eigenvalue weighted by atomic mass is 32.1. The van der Waals surface area contributed by atoms with Crippen LogP contribution in [0.2, 0.25) is 0 Å². The van der Waals surface area contributed by atoms with E-state index in [0.717, 1.165) is 11.5 Å². The zero-order valence-corrected chi connectivity index (χ0v) is 10.5. The molecule has 5 nitrogen and oxygen atoms in total. The minimum atomic E-state index is -0.211. The largest absolute Gasteiger partial charge is 0.326 e. The summed E-state index contributed by atoms with van der Waals surface area (Å²) < 4.78 is 3.87. The Kier molecular flexibility index (Phi) is 3.69. The second-order valence-electron chi connectivity index (χ2n) is 3.59. The lowest BCUT2D eigenvalue weighted by Crippen LogP contribution is -2.11. The van der Waals surface area contributed by atoms with E-state index in [1.807, 2.05) is 0 Å². The summed E-state index contributed by atoms with van der Waals surface area (Å²) in [6, 6.07) is 8.61. The van der Waals surface area contributed by atoms with Gasteiger partial charge >= 0.3 is 0 Å². The Morgan fingerprint density at radius 3 is 2.50 bits per heavy atom. The van der Waals surface area contributed by atoms with Gasteiger partial charge in [-0.05, 0) is 35.8 Å². The SMILES string of the molecule is CC(=O)Nc1cccc(NC(=O)c2ccns2)c1. The number of nitrogens with one attached hydrogen (secondary N) is 2. The fraction of sp³-hybridized carbons (Fsp3) is 0.0833. The van der Waals surface area contributed by atoms with Crippen molar-refractivity contribution in [1.82, 2.24) is 4.37 Å². The van der Waals surface area contributed by atoms with Crippen molar-refractivity contribution in [3.63, 3.8) is 0 Å². The molecule has 92 valence electrons. The van der Waals surface area contributed by atoms with Crippen LogP contribution < -0.4 is 10.6 Å². The molecule has 0 bridgehead atoms. The van der Waals surface area contributed by atoms with E-state index in [0.29, 0.717) is 16.3 Å². The summed E-state index contributed by atoms with van der Waals surface area (Å²) in [5.41, 5.74) is 1.27. The molecule has 2 amide bonds. The molecule has 1 aromatic carbocycles. The van der Waals surface area contributed by atoms with Gasteiger partial charge in [-0.3, -0.25) is 9.59 Å². The second kappa shape index (κ2) is 5.42. The Labute approximate surface area is 108 Å². The molecule has 18 heavy (non-hydrogen) atoms. The Hall–Kier alpha value is -2.21. The van der Waals surface area contributed by atoms with Crippen LogP contribution in [-0.2, 0) is 4.79 Å². The molecule has 2 N–H and O–H groups in total. The van der Waals surface area contributed by atoms with Gasteiger partial charge in [-0.15, -0.1) is 0 Å². The Morgan fingerprint density at radius 1 is 1.17 bits per heavy atom. The normalized spacial score (nSPS) is 9.83. The lowest BCUT2D eigenvalue weighted by Gasteiger charge is -2.06. The van der Waals surface area contributed by atoms with E-state index in [9.17, 15) is 9.59 Å². The number of carbonyl (C=O) groups is 2. The average molecular weight is 261 g/mol. The van der Waals surface area contributed by atoms with Gasteiger partial charge in [0, 0.05) is 24.5 Å². The summed E-state index contributed by atoms with van der Waals surface area (Å²) in [7, 11) is 0. The second-order valence-corrected chi connectivity index (χ2v) is 4.43. The van der Waals surface area contributed by atoms with Crippen LogP contribution in [0.3, 0.4) is 0 Å². The molecule has 0 fully saturated rings. The number of rotatable bonds is 3. The van der Waals surface area contributed by atoms with Gasteiger partial charge in [-0.1, -0.05) is 6.07 Å². The number of amides is 2. The van der Waals surface area contributed by atoms with E-state index in [1.165, 1.54) is 6.92 Å². The van der Waals surface area contributed by atoms with E-state index in [-0.39, 0.29) is 11.8 Å². The molecular formula is C12H11N3O2S. The molecular weight excluding hydrogens is 250 g/mol. The molecule has 1 aromatic heterocycles. The Morgan fingerprint density at radius 2 is 1.89 bits per heavy atom. The van der Waals surface area contributed by atoms with Crippen molar-refractivity contribution in [2.45, 2.75) is 6.92 Å². The van der Waals surface area contributed by atoms with Crippen molar-refractivity contribution >= 4 is 34.7 Å². The highest BCUT2D eigenvalue weighted by molar-refractivity contribution is 7.08. The van der Waals surface area contributed by atoms with Crippen LogP contribution in [0.4, 0.5) is 11.4 Å². The Bertz CT molecular complexity index is 566. The first kappa shape index (κ1) is 12.3. The van der Waals surface area contributed by atoms with Gasteiger partial charge in [-0.2, -0.15) is 0 Å². The third-order valence-electron chi connectivity index (χ3n) is 2.10. The fourth-order valence-electron chi connectivity index (χ4n) is 1.40. The molecule has 0 atom stereocenters. The van der Waals surface area contributed by atoms with Gasteiger partial charge in [0.1, 0.15) is 4.88 Å². The van der Waals surface area contributed by atoms with E-state index in [2.05, 4.69) is 15.0 Å². The minimum Gasteiger partial charge on any atom is -0.326 e. The molecule has 0 aliphatic heterocycles. The molecule has 2 rings (SSSR count). The van der Waals surface area contributed by atoms with Crippen molar-refractivity contribution in [2.24, 2.45) is 0 Å². The van der Waals surface area contributed by atoms with Gasteiger partial charge in [0.05, 0.1) is 0 Å². The lowest BCUT2D eigenvalue weighted by molar-refractivity contribution is -0.114. The molecule has 0 saturated carbocycles. The first-order valence-corrected chi connectivity index (χ1v) is 6.02. The summed E-state index contributed by atoms with van der Waals surface area (Å²) in [5.74, 6) is -0.363. The van der Waals surface area contributed by atoms with Crippen LogP contribution in [0.15, 0.2) is 36.5 Å². The third kappa shape index (κ3) is 3.14. The van der Waals surface area contributed by atoms with Gasteiger partial charge in [0.25, 0.3) is 5.91 Å². The standard InChI is InChI=1S/C12H11N3O2S/c1-8(16)14-9-3-2-4-10(7-9)15-12(17)11-5-6-13-18-11/h2-7H,1H3,(H,14,16)(H,15,17). The zero-order chi connectivity index (χ0) is 13.0. The van der Waals surface area contributed by atoms with Crippen LogP contribution in [0, 0.1) is 0 Å². The third-order valence-corrected chi connectivity index (χ3v) is 2.85. The van der Waals surface area contributed by atoms with E-state index in [4.69, 9.17) is 0 Å². The number of benzene rings is 1. The predicted molar refractivity (Wildman–Crippen MR) is 70.8 cm³/mol. The van der Waals surface area contributed by atoms with Crippen LogP contribution in [-0.4, -0.2) is 16.2 Å². The Balaban J connectivity index is 2.10. The van der Waals surface area contributed by atoms with Crippen molar-refractivity contribution in [1.29, 1.82) is 0 Å². The maximum absolute atomic E-state index is 11.8. The summed E-state index contributed by atoms with van der Waals surface area (Å²) in [5, 5.41) is 5.39. The van der Waals surface area contributed by atoms with Crippen LogP contribution in [0.5, 0.6) is 0 Å². The molecule has 6 heteroatoms. The van der Waals surface area contributed by atoms with Crippen molar-refractivity contribution in [3.05, 3.63) is 41.4 Å². The quantitative estimate of drug-likeness (QED) is 0.891. The van der Waals surface area contributed by atoms with Gasteiger partial charge in [-0.25, -0.2) is 4.37 Å². The average Bonchev–Trinajstić information content (AvgIpc) is 2.81. The summed E-state index contributed by atoms with van der Waals surface area (Å²) in [6.07, 6.45) is 1.58. The maximum Gasteiger partial charge on any atom is 0.267 e. The number of hydrogen-bond acceptors (Lipinski definition) is 4. The van der Waals surface area contributed by atoms with Gasteiger partial charge < -0.3 is 10.6 Å². The zero-order valence-electron chi connectivity index (χ0n) is 9.64. The molecule has 0 aliphatic carbocycles. The minimum absolute atomic E-state index is 0.152. The molecule has 0 unspecified atom stereocenters. The van der Waals surface area contributed by atoms with Crippen LogP contribution in [0.1, 0.15) is 16.6 Å². The van der Waals surface area contributed by atoms with Crippen LogP contribution >= 0.6 is 11.5 Å². The van der Waals surface area contributed by atoms with Crippen molar-refractivity contribution in [3.8, 4) is 0 Å². The summed E-state index contributed by atoms with van der Waals surface area (Å²) in [6.45, 7) is 1.43. The number of aromatic nitrogens is 1. The van der Waals surface area contributed by atoms with E-state index < -0.39 is 0 Å². The van der Waals surface area contributed by atoms with Gasteiger partial charge in [0.2, 0.25) is 5.91 Å². The van der Waals surface area contributed by atoms with Crippen molar-refractivity contribution < 1.29 is 9.59 Å². The number of carbonyl (C=O) groups excluding carboxylic acids is 2. The molecule has 2 aromatic rings. The van der Waals surface area contributed by atoms with Crippen molar-refractivity contribution in [2.75, 3.05) is 10.6 Å². The number of nitrogens with zero attached hydrogens (tertiary/aromatic N) is 1. The number of hydrogen-bond donors (Lipinski definition) is 2. The predicted octanol–water partition coefficient (Wildman–Crippen LogP) is 2.35. The monoisotopic (exact) mass is 261 g/mol. The fourth-order valence-corrected chi connectivity index (χ4v) is 1.89. The molecule has 0 spiro atoms. The smallest absolute Gasteiger partial charge is 0.267 e. The number of anilines is 2. The summed E-state index contributed by atoms with van der Waals surface area (Å²) in [4.78, 5) is 23.3. The van der Waals surface area contributed by atoms with E-state index in [1.54, 1.807) is 36.5 Å².